The Morgan fingerprint density at radius 3 is 2.68 bits per heavy atom. The van der Waals surface area contributed by atoms with Crippen molar-refractivity contribution in [3.8, 4) is 11.4 Å². The van der Waals surface area contributed by atoms with E-state index in [9.17, 15) is 9.59 Å². The van der Waals surface area contributed by atoms with Gasteiger partial charge in [-0.05, 0) is 29.5 Å². The van der Waals surface area contributed by atoms with Gasteiger partial charge in [0.25, 0.3) is 5.91 Å². The molecule has 0 spiro atoms. The second-order valence-electron chi connectivity index (χ2n) is 6.50. The molecule has 146 valence electrons. The highest BCUT2D eigenvalue weighted by Gasteiger charge is 2.24. The summed E-state index contributed by atoms with van der Waals surface area (Å²) in [5.74, 6) is 0.453. The van der Waals surface area contributed by atoms with Gasteiger partial charge in [-0.3, -0.25) is 14.6 Å². The molecule has 0 saturated carbocycles. The van der Waals surface area contributed by atoms with Gasteiger partial charge in [0, 0.05) is 41.9 Å². The molecule has 0 bridgehead atoms. The third-order valence-electron chi connectivity index (χ3n) is 4.05. The number of aromatic nitrogens is 3. The SMILES string of the molecule is CC(C)C(NC(=O)CCNC(=O)c1ccsc1)c1nc(-c2ccncc2)no1. The normalized spacial score (nSPS) is 12.0. The maximum Gasteiger partial charge on any atom is 0.252 e. The lowest BCUT2D eigenvalue weighted by Gasteiger charge is -2.18. The van der Waals surface area contributed by atoms with Gasteiger partial charge in [-0.2, -0.15) is 16.3 Å². The van der Waals surface area contributed by atoms with Crippen molar-refractivity contribution >= 4 is 23.2 Å². The average Bonchev–Trinajstić information content (AvgIpc) is 3.38. The monoisotopic (exact) mass is 399 g/mol. The second-order valence-corrected chi connectivity index (χ2v) is 7.28. The molecule has 1 atom stereocenters. The Bertz CT molecular complexity index is 909. The van der Waals surface area contributed by atoms with Crippen molar-refractivity contribution in [2.75, 3.05) is 6.54 Å². The first-order valence-corrected chi connectivity index (χ1v) is 9.82. The Balaban J connectivity index is 1.56. The summed E-state index contributed by atoms with van der Waals surface area (Å²) in [6, 6.07) is 4.90. The fourth-order valence-corrected chi connectivity index (χ4v) is 3.16. The number of rotatable bonds is 8. The molecule has 2 N–H and O–H groups in total. The number of nitrogens with one attached hydrogen (secondary N) is 2. The molecule has 0 aliphatic carbocycles. The van der Waals surface area contributed by atoms with E-state index in [1.165, 1.54) is 11.3 Å². The van der Waals surface area contributed by atoms with Crippen molar-refractivity contribution in [2.24, 2.45) is 5.92 Å². The number of carbonyl (C=O) groups is 2. The molecule has 0 aliphatic rings. The summed E-state index contributed by atoms with van der Waals surface area (Å²) in [6.45, 7) is 4.16. The van der Waals surface area contributed by atoms with Crippen LogP contribution in [0.2, 0.25) is 0 Å². The van der Waals surface area contributed by atoms with Crippen LogP contribution in [0.5, 0.6) is 0 Å². The Hall–Kier alpha value is -3.07. The third-order valence-corrected chi connectivity index (χ3v) is 4.73. The minimum atomic E-state index is -0.414. The third kappa shape index (κ3) is 5.01. The van der Waals surface area contributed by atoms with Crippen LogP contribution in [0.15, 0.2) is 45.9 Å². The van der Waals surface area contributed by atoms with Crippen LogP contribution in [0.3, 0.4) is 0 Å². The summed E-state index contributed by atoms with van der Waals surface area (Å²) >= 11 is 1.45. The summed E-state index contributed by atoms with van der Waals surface area (Å²) in [4.78, 5) is 32.6. The van der Waals surface area contributed by atoms with Crippen LogP contribution in [0.1, 0.15) is 42.6 Å². The number of hydrogen-bond acceptors (Lipinski definition) is 7. The van der Waals surface area contributed by atoms with E-state index in [4.69, 9.17) is 4.52 Å². The first kappa shape index (κ1) is 19.7. The topological polar surface area (TPSA) is 110 Å². The lowest BCUT2D eigenvalue weighted by Crippen LogP contribution is -2.35. The predicted octanol–water partition coefficient (Wildman–Crippen LogP) is 2.83. The van der Waals surface area contributed by atoms with Crippen LogP contribution in [-0.2, 0) is 4.79 Å². The summed E-state index contributed by atoms with van der Waals surface area (Å²) in [7, 11) is 0. The second kappa shape index (κ2) is 9.23. The Kier molecular flexibility index (Phi) is 6.49. The molecule has 0 saturated heterocycles. The number of nitrogens with zero attached hydrogens (tertiary/aromatic N) is 3. The molecule has 3 rings (SSSR count). The van der Waals surface area contributed by atoms with E-state index in [1.54, 1.807) is 36.0 Å². The van der Waals surface area contributed by atoms with Crippen LogP contribution in [0.4, 0.5) is 0 Å². The quantitative estimate of drug-likeness (QED) is 0.603. The first-order chi connectivity index (χ1) is 13.5. The van der Waals surface area contributed by atoms with Gasteiger partial charge in [0.2, 0.25) is 17.6 Å². The number of thiophene rings is 1. The largest absolute Gasteiger partial charge is 0.351 e. The molecule has 3 aromatic rings. The smallest absolute Gasteiger partial charge is 0.252 e. The zero-order valence-electron chi connectivity index (χ0n) is 15.6. The van der Waals surface area contributed by atoms with Gasteiger partial charge in [0.15, 0.2) is 0 Å². The molecule has 2 amide bonds. The molecule has 0 aliphatic heterocycles. The lowest BCUT2D eigenvalue weighted by molar-refractivity contribution is -0.122. The number of carbonyl (C=O) groups excluding carboxylic acids is 2. The number of hydrogen-bond donors (Lipinski definition) is 2. The van der Waals surface area contributed by atoms with Gasteiger partial charge in [-0.1, -0.05) is 19.0 Å². The van der Waals surface area contributed by atoms with Crippen LogP contribution >= 0.6 is 11.3 Å². The van der Waals surface area contributed by atoms with E-state index in [0.717, 1.165) is 5.56 Å². The molecule has 3 aromatic heterocycles. The van der Waals surface area contributed by atoms with Gasteiger partial charge < -0.3 is 15.2 Å². The van der Waals surface area contributed by atoms with E-state index in [0.29, 0.717) is 17.3 Å². The number of amides is 2. The van der Waals surface area contributed by atoms with E-state index in [-0.39, 0.29) is 30.7 Å². The first-order valence-electron chi connectivity index (χ1n) is 8.88. The van der Waals surface area contributed by atoms with Gasteiger partial charge in [0.05, 0.1) is 0 Å². The molecule has 8 nitrogen and oxygen atoms in total. The predicted molar refractivity (Wildman–Crippen MR) is 105 cm³/mol. The Labute approximate surface area is 166 Å². The van der Waals surface area contributed by atoms with Crippen LogP contribution < -0.4 is 10.6 Å². The van der Waals surface area contributed by atoms with Crippen molar-refractivity contribution in [1.82, 2.24) is 25.8 Å². The van der Waals surface area contributed by atoms with Gasteiger partial charge >= 0.3 is 0 Å². The molecule has 3 heterocycles. The molecule has 1 unspecified atom stereocenters. The fraction of sp³-hybridized carbons (Fsp3) is 0.316. The average molecular weight is 399 g/mol. The van der Waals surface area contributed by atoms with Crippen LogP contribution in [0.25, 0.3) is 11.4 Å². The van der Waals surface area contributed by atoms with Crippen molar-refractivity contribution < 1.29 is 14.1 Å². The van der Waals surface area contributed by atoms with Crippen molar-refractivity contribution in [2.45, 2.75) is 26.3 Å². The summed E-state index contributed by atoms with van der Waals surface area (Å²) < 4.78 is 5.37. The molecule has 0 radical (unpaired) electrons. The van der Waals surface area contributed by atoms with Crippen LogP contribution in [0, 0.1) is 5.92 Å². The zero-order chi connectivity index (χ0) is 19.9. The van der Waals surface area contributed by atoms with E-state index in [1.807, 2.05) is 19.2 Å². The van der Waals surface area contributed by atoms with E-state index < -0.39 is 6.04 Å². The minimum Gasteiger partial charge on any atom is -0.351 e. The molecular formula is C19H21N5O3S. The van der Waals surface area contributed by atoms with Crippen molar-refractivity contribution in [3.05, 3.63) is 52.8 Å². The van der Waals surface area contributed by atoms with Crippen LogP contribution in [-0.4, -0.2) is 33.5 Å². The Morgan fingerprint density at radius 1 is 1.21 bits per heavy atom. The fourth-order valence-electron chi connectivity index (χ4n) is 2.52. The standard InChI is InChI=1S/C19H21N5O3S/c1-12(2)16(19-23-17(24-27-19)13-3-7-20-8-4-13)22-15(25)5-9-21-18(26)14-6-10-28-11-14/h3-4,6-8,10-12,16H,5,9H2,1-2H3,(H,21,26)(H,22,25). The number of pyridine rings is 1. The molecular weight excluding hydrogens is 378 g/mol. The highest BCUT2D eigenvalue weighted by Crippen LogP contribution is 2.23. The summed E-state index contributed by atoms with van der Waals surface area (Å²) in [5, 5.41) is 13.2. The van der Waals surface area contributed by atoms with Gasteiger partial charge in [0.1, 0.15) is 6.04 Å². The van der Waals surface area contributed by atoms with E-state index in [2.05, 4.69) is 25.8 Å². The molecule has 9 heteroatoms. The maximum atomic E-state index is 12.3. The highest BCUT2D eigenvalue weighted by molar-refractivity contribution is 7.08. The van der Waals surface area contributed by atoms with Crippen molar-refractivity contribution in [1.29, 1.82) is 0 Å². The zero-order valence-corrected chi connectivity index (χ0v) is 16.4. The molecule has 0 aromatic carbocycles. The van der Waals surface area contributed by atoms with Crippen molar-refractivity contribution in [3.63, 3.8) is 0 Å². The van der Waals surface area contributed by atoms with Gasteiger partial charge in [-0.25, -0.2) is 0 Å². The maximum absolute atomic E-state index is 12.3. The highest BCUT2D eigenvalue weighted by atomic mass is 32.1. The summed E-state index contributed by atoms with van der Waals surface area (Å²) in [6.07, 6.45) is 3.46. The summed E-state index contributed by atoms with van der Waals surface area (Å²) in [5.41, 5.74) is 1.38. The Morgan fingerprint density at radius 2 is 2.00 bits per heavy atom. The lowest BCUT2D eigenvalue weighted by atomic mass is 10.0. The molecule has 28 heavy (non-hydrogen) atoms. The van der Waals surface area contributed by atoms with Gasteiger partial charge in [-0.15, -0.1) is 0 Å². The van der Waals surface area contributed by atoms with E-state index >= 15 is 0 Å². The minimum absolute atomic E-state index is 0.0510. The molecule has 0 fully saturated rings.